The smallest absolute Gasteiger partial charge is 0.270 e. The molecule has 128 valence electrons. The number of aromatic nitrogens is 2. The molecular formula is C17H16BrN5OS. The highest BCUT2D eigenvalue weighted by Crippen LogP contribution is 2.38. The van der Waals surface area contributed by atoms with Crippen molar-refractivity contribution < 1.29 is 4.79 Å². The van der Waals surface area contributed by atoms with Gasteiger partial charge in [-0.2, -0.15) is 0 Å². The molecular weight excluding hydrogens is 402 g/mol. The molecule has 2 aromatic heterocycles. The maximum atomic E-state index is 11.8. The summed E-state index contributed by atoms with van der Waals surface area (Å²) in [5.41, 5.74) is 6.78. The monoisotopic (exact) mass is 417 g/mol. The number of benzene rings is 1. The molecule has 0 saturated carbocycles. The number of rotatable bonds is 4. The van der Waals surface area contributed by atoms with Crippen LogP contribution in [0.1, 0.15) is 16.9 Å². The number of carbonyl (C=O) groups is 1. The first-order valence-corrected chi connectivity index (χ1v) is 9.56. The predicted molar refractivity (Wildman–Crippen MR) is 104 cm³/mol. The van der Waals surface area contributed by atoms with E-state index < -0.39 is 5.91 Å². The maximum absolute atomic E-state index is 11.8. The molecule has 8 heteroatoms. The highest BCUT2D eigenvalue weighted by atomic mass is 79.9. The lowest BCUT2D eigenvalue weighted by atomic mass is 10.1. The van der Waals surface area contributed by atoms with Gasteiger partial charge in [-0.3, -0.25) is 4.79 Å². The molecule has 1 aromatic carbocycles. The van der Waals surface area contributed by atoms with Crippen molar-refractivity contribution >= 4 is 49.1 Å². The van der Waals surface area contributed by atoms with E-state index >= 15 is 0 Å². The lowest BCUT2D eigenvalue weighted by molar-refractivity contribution is 0.0996. The summed E-state index contributed by atoms with van der Waals surface area (Å²) < 4.78 is 1.77. The standard InChI is InChI=1S/C17H16BrN5OS/c18-10-3-1-2-9(6-10)13-7-12-15(25-13)14(16(19)24)22-23-17(12)21-11-4-5-20-8-11/h1-3,6-7,11,20H,4-5,8H2,(H2,19,24)(H,21,23). The van der Waals surface area contributed by atoms with Crippen molar-refractivity contribution in [3.63, 3.8) is 0 Å². The number of primary amides is 1. The number of hydrogen-bond acceptors (Lipinski definition) is 6. The van der Waals surface area contributed by atoms with E-state index in [0.29, 0.717) is 11.9 Å². The Balaban J connectivity index is 1.84. The number of thiophene rings is 1. The highest BCUT2D eigenvalue weighted by Gasteiger charge is 2.21. The van der Waals surface area contributed by atoms with E-state index in [-0.39, 0.29) is 5.69 Å². The van der Waals surface area contributed by atoms with E-state index in [1.54, 1.807) is 0 Å². The number of nitrogens with one attached hydrogen (secondary N) is 2. The quantitative estimate of drug-likeness (QED) is 0.606. The first-order chi connectivity index (χ1) is 12.1. The van der Waals surface area contributed by atoms with Crippen LogP contribution in [0.2, 0.25) is 0 Å². The van der Waals surface area contributed by atoms with Gasteiger partial charge in [0.2, 0.25) is 0 Å². The van der Waals surface area contributed by atoms with E-state index in [0.717, 1.165) is 44.5 Å². The van der Waals surface area contributed by atoms with Gasteiger partial charge in [-0.1, -0.05) is 28.1 Å². The van der Waals surface area contributed by atoms with Gasteiger partial charge >= 0.3 is 0 Å². The molecule has 4 N–H and O–H groups in total. The van der Waals surface area contributed by atoms with Gasteiger partial charge in [0.15, 0.2) is 11.5 Å². The summed E-state index contributed by atoms with van der Waals surface area (Å²) in [5, 5.41) is 15.9. The normalized spacial score (nSPS) is 17.1. The minimum Gasteiger partial charge on any atom is -0.364 e. The zero-order chi connectivity index (χ0) is 17.4. The molecule has 3 heterocycles. The summed E-state index contributed by atoms with van der Waals surface area (Å²) in [5.74, 6) is 0.139. The van der Waals surface area contributed by atoms with Crippen LogP contribution in [0.15, 0.2) is 34.8 Å². The van der Waals surface area contributed by atoms with Crippen molar-refractivity contribution in [2.45, 2.75) is 12.5 Å². The maximum Gasteiger partial charge on any atom is 0.270 e. The average Bonchev–Trinajstić information content (AvgIpc) is 3.24. The fraction of sp³-hybridized carbons (Fsp3) is 0.235. The van der Waals surface area contributed by atoms with Crippen molar-refractivity contribution in [2.75, 3.05) is 18.4 Å². The minimum atomic E-state index is -0.561. The van der Waals surface area contributed by atoms with E-state index in [1.165, 1.54) is 11.3 Å². The number of carbonyl (C=O) groups excluding carboxylic acids is 1. The third-order valence-corrected chi connectivity index (χ3v) is 5.88. The van der Waals surface area contributed by atoms with Gasteiger partial charge in [0.25, 0.3) is 5.91 Å². The van der Waals surface area contributed by atoms with Crippen LogP contribution >= 0.6 is 27.3 Å². The Hall–Kier alpha value is -2.03. The van der Waals surface area contributed by atoms with Crippen LogP contribution in [0.5, 0.6) is 0 Å². The van der Waals surface area contributed by atoms with E-state index in [1.807, 2.05) is 30.3 Å². The number of anilines is 1. The van der Waals surface area contributed by atoms with Crippen LogP contribution in [0.3, 0.4) is 0 Å². The van der Waals surface area contributed by atoms with Gasteiger partial charge in [0.1, 0.15) is 0 Å². The van der Waals surface area contributed by atoms with Gasteiger partial charge in [-0.15, -0.1) is 21.5 Å². The topological polar surface area (TPSA) is 92.9 Å². The van der Waals surface area contributed by atoms with Gasteiger partial charge in [-0.25, -0.2) is 0 Å². The zero-order valence-corrected chi connectivity index (χ0v) is 15.7. The molecule has 3 aromatic rings. The first kappa shape index (κ1) is 16.4. The number of fused-ring (bicyclic) bond motifs is 1. The third-order valence-electron chi connectivity index (χ3n) is 4.20. The molecule has 1 aliphatic heterocycles. The molecule has 4 rings (SSSR count). The van der Waals surface area contributed by atoms with Crippen LogP contribution in [0.4, 0.5) is 5.82 Å². The van der Waals surface area contributed by atoms with Gasteiger partial charge < -0.3 is 16.4 Å². The molecule has 0 spiro atoms. The summed E-state index contributed by atoms with van der Waals surface area (Å²) >= 11 is 5.01. The van der Waals surface area contributed by atoms with E-state index in [9.17, 15) is 4.79 Å². The summed E-state index contributed by atoms with van der Waals surface area (Å²) in [7, 11) is 0. The van der Waals surface area contributed by atoms with Crippen molar-refractivity contribution in [1.82, 2.24) is 15.5 Å². The molecule has 1 unspecified atom stereocenters. The van der Waals surface area contributed by atoms with Crippen molar-refractivity contribution in [3.8, 4) is 10.4 Å². The molecule has 0 bridgehead atoms. The zero-order valence-electron chi connectivity index (χ0n) is 13.3. The fourth-order valence-corrected chi connectivity index (χ4v) is 4.51. The average molecular weight is 418 g/mol. The van der Waals surface area contributed by atoms with Crippen LogP contribution < -0.4 is 16.4 Å². The molecule has 6 nitrogen and oxygen atoms in total. The SMILES string of the molecule is NC(=O)c1nnc(NC2CCNC2)c2cc(-c3cccc(Br)c3)sc12. The number of nitrogens with two attached hydrogens (primary N) is 1. The molecule has 1 atom stereocenters. The van der Waals surface area contributed by atoms with Gasteiger partial charge in [-0.05, 0) is 36.7 Å². The van der Waals surface area contributed by atoms with E-state index in [2.05, 4.69) is 36.8 Å². The van der Waals surface area contributed by atoms with Gasteiger partial charge in [0, 0.05) is 27.3 Å². The number of hydrogen-bond donors (Lipinski definition) is 3. The Bertz CT molecular complexity index is 951. The Morgan fingerprint density at radius 2 is 2.24 bits per heavy atom. The lowest BCUT2D eigenvalue weighted by Gasteiger charge is -2.12. The van der Waals surface area contributed by atoms with Crippen LogP contribution in [0.25, 0.3) is 20.5 Å². The third kappa shape index (κ3) is 3.24. The summed E-state index contributed by atoms with van der Waals surface area (Å²) in [6.07, 6.45) is 1.03. The molecule has 1 aliphatic rings. The molecule has 1 amide bonds. The van der Waals surface area contributed by atoms with Crippen molar-refractivity contribution in [2.24, 2.45) is 5.73 Å². The summed E-state index contributed by atoms with van der Waals surface area (Å²) in [6.45, 7) is 1.88. The summed E-state index contributed by atoms with van der Waals surface area (Å²) in [6, 6.07) is 10.4. The Morgan fingerprint density at radius 1 is 1.36 bits per heavy atom. The van der Waals surface area contributed by atoms with Crippen molar-refractivity contribution in [1.29, 1.82) is 0 Å². The largest absolute Gasteiger partial charge is 0.364 e. The van der Waals surface area contributed by atoms with Crippen LogP contribution in [0, 0.1) is 0 Å². The number of amides is 1. The van der Waals surface area contributed by atoms with Gasteiger partial charge in [0.05, 0.1) is 4.70 Å². The lowest BCUT2D eigenvalue weighted by Crippen LogP contribution is -2.23. The van der Waals surface area contributed by atoms with Crippen LogP contribution in [-0.4, -0.2) is 35.2 Å². The molecule has 25 heavy (non-hydrogen) atoms. The Labute approximate surface area is 157 Å². The molecule has 0 radical (unpaired) electrons. The van der Waals surface area contributed by atoms with Crippen molar-refractivity contribution in [3.05, 3.63) is 40.5 Å². The minimum absolute atomic E-state index is 0.219. The number of nitrogens with zero attached hydrogens (tertiary/aromatic N) is 2. The second-order valence-electron chi connectivity index (χ2n) is 5.96. The molecule has 0 aliphatic carbocycles. The first-order valence-electron chi connectivity index (χ1n) is 7.95. The van der Waals surface area contributed by atoms with Crippen LogP contribution in [-0.2, 0) is 0 Å². The predicted octanol–water partition coefficient (Wildman–Crippen LogP) is 2.99. The van der Waals surface area contributed by atoms with E-state index in [4.69, 9.17) is 5.73 Å². The highest BCUT2D eigenvalue weighted by molar-refractivity contribution is 9.10. The number of halogens is 1. The Morgan fingerprint density at radius 3 is 2.96 bits per heavy atom. The second kappa shape index (κ2) is 6.70. The second-order valence-corrected chi connectivity index (χ2v) is 7.93. The summed E-state index contributed by atoms with van der Waals surface area (Å²) in [4.78, 5) is 12.8. The molecule has 1 fully saturated rings. The molecule has 1 saturated heterocycles. The fourth-order valence-electron chi connectivity index (χ4n) is 2.97. The Kier molecular flexibility index (Phi) is 4.41.